The number of fused-ring (bicyclic) bond motifs is 1. The lowest BCUT2D eigenvalue weighted by atomic mass is 9.76. The van der Waals surface area contributed by atoms with Gasteiger partial charge in [0.2, 0.25) is 11.8 Å². The van der Waals surface area contributed by atoms with Gasteiger partial charge in [-0.25, -0.2) is 14.0 Å². The number of alkyl carbamates (subject to hydrolysis) is 1. The predicted molar refractivity (Wildman–Crippen MR) is 177 cm³/mol. The Morgan fingerprint density at radius 3 is 2.37 bits per heavy atom. The number of halogens is 1. The fourth-order valence-corrected chi connectivity index (χ4v) is 8.70. The van der Waals surface area contributed by atoms with Crippen LogP contribution in [0.25, 0.3) is 10.1 Å². The number of methoxy groups -OCH3 is 1. The first-order valence-corrected chi connectivity index (χ1v) is 17.6. The quantitative estimate of drug-likeness (QED) is 0.293. The highest BCUT2D eigenvalue weighted by atomic mass is 32.1. The molecule has 11 heteroatoms. The van der Waals surface area contributed by atoms with Crippen LogP contribution in [-0.4, -0.2) is 66.8 Å². The van der Waals surface area contributed by atoms with E-state index in [1.807, 2.05) is 23.1 Å². The van der Waals surface area contributed by atoms with Crippen molar-refractivity contribution < 1.29 is 33.0 Å². The van der Waals surface area contributed by atoms with Crippen molar-refractivity contribution >= 4 is 51.0 Å². The van der Waals surface area contributed by atoms with Gasteiger partial charge >= 0.3 is 12.1 Å². The molecule has 1 aliphatic heterocycles. The molecule has 2 N–H and O–H groups in total. The second-order valence-electron chi connectivity index (χ2n) is 14.2. The summed E-state index contributed by atoms with van der Waals surface area (Å²) in [7, 11) is 1.35. The van der Waals surface area contributed by atoms with E-state index in [9.17, 15) is 23.6 Å². The summed E-state index contributed by atoms with van der Waals surface area (Å²) in [4.78, 5) is 54.8. The SMILES string of the molecule is COC(=O)c1cc2cc(NC(=O)[C@H]3[C@H](C4CCCCC4)CCN3C(=O)C3CCC([C@@H](CF)NC(=O)OC(C)(C)C)CC3)ccc2s1. The van der Waals surface area contributed by atoms with Gasteiger partial charge in [0.05, 0.1) is 13.2 Å². The maximum Gasteiger partial charge on any atom is 0.407 e. The molecule has 252 valence electrons. The number of alkyl halides is 1. The molecule has 1 saturated heterocycles. The smallest absolute Gasteiger partial charge is 0.407 e. The van der Waals surface area contributed by atoms with Crippen LogP contribution in [0.5, 0.6) is 0 Å². The number of nitrogens with zero attached hydrogens (tertiary/aromatic N) is 1. The van der Waals surface area contributed by atoms with Gasteiger partial charge in [-0.3, -0.25) is 9.59 Å². The number of ether oxygens (including phenoxy) is 2. The van der Waals surface area contributed by atoms with E-state index in [-0.39, 0.29) is 29.6 Å². The summed E-state index contributed by atoms with van der Waals surface area (Å²) in [5, 5.41) is 6.65. The maximum absolute atomic E-state index is 14.1. The molecular weight excluding hydrogens is 609 g/mol. The molecule has 3 amide bonds. The first kappa shape index (κ1) is 34.1. The Labute approximate surface area is 274 Å². The highest BCUT2D eigenvalue weighted by molar-refractivity contribution is 7.20. The van der Waals surface area contributed by atoms with E-state index in [4.69, 9.17) is 9.47 Å². The number of anilines is 1. The molecule has 3 fully saturated rings. The average Bonchev–Trinajstić information content (AvgIpc) is 3.67. The molecule has 2 aromatic rings. The highest BCUT2D eigenvalue weighted by Crippen LogP contribution is 2.41. The minimum atomic E-state index is -0.693. The molecule has 0 radical (unpaired) electrons. The van der Waals surface area contributed by atoms with Crippen molar-refractivity contribution in [2.24, 2.45) is 23.7 Å². The number of rotatable bonds is 8. The first-order chi connectivity index (χ1) is 22.0. The Hall–Kier alpha value is -3.21. The molecule has 2 aliphatic carbocycles. The summed E-state index contributed by atoms with van der Waals surface area (Å²) >= 11 is 1.34. The zero-order valence-electron chi connectivity index (χ0n) is 27.4. The number of carbonyl (C=O) groups is 4. The standard InChI is InChI=1S/C35H48FN3O6S/c1-35(2,3)45-34(43)38-27(20-36)22-10-12-23(13-11-22)32(41)39-17-16-26(21-8-6-5-7-9-21)30(39)31(40)37-25-14-15-28-24(18-25)19-29(46-28)33(42)44-4/h14-15,18-19,21-23,26-27,30H,5-13,16-17,20H2,1-4H3,(H,37,40)(H,38,43)/t22?,23?,26-,27+,30+/m0/s1. The third-order valence-electron chi connectivity index (χ3n) is 9.98. The molecule has 0 bridgehead atoms. The van der Waals surface area contributed by atoms with Crippen molar-refractivity contribution in [3.63, 3.8) is 0 Å². The van der Waals surface area contributed by atoms with Crippen molar-refractivity contribution in [1.82, 2.24) is 10.2 Å². The van der Waals surface area contributed by atoms with Crippen LogP contribution in [0.15, 0.2) is 24.3 Å². The Bertz CT molecular complexity index is 1410. The van der Waals surface area contributed by atoms with E-state index < -0.39 is 36.4 Å². The number of hydrogen-bond acceptors (Lipinski definition) is 7. The van der Waals surface area contributed by atoms with Crippen molar-refractivity contribution in [2.45, 2.75) is 103 Å². The van der Waals surface area contributed by atoms with Gasteiger partial charge in [0.1, 0.15) is 23.2 Å². The maximum atomic E-state index is 14.1. The third-order valence-corrected chi connectivity index (χ3v) is 11.1. The van der Waals surface area contributed by atoms with Crippen LogP contribution < -0.4 is 10.6 Å². The van der Waals surface area contributed by atoms with Crippen molar-refractivity contribution in [3.05, 3.63) is 29.1 Å². The number of thiophene rings is 1. The lowest BCUT2D eigenvalue weighted by molar-refractivity contribution is -0.142. The topological polar surface area (TPSA) is 114 Å². The van der Waals surface area contributed by atoms with Gasteiger partial charge in [-0.1, -0.05) is 32.1 Å². The van der Waals surface area contributed by atoms with E-state index >= 15 is 0 Å². The molecule has 2 heterocycles. The summed E-state index contributed by atoms with van der Waals surface area (Å²) < 4.78 is 25.1. The Balaban J connectivity index is 1.27. The van der Waals surface area contributed by atoms with Gasteiger partial charge in [0, 0.05) is 22.8 Å². The zero-order valence-corrected chi connectivity index (χ0v) is 28.3. The normalized spacial score (nSPS) is 24.8. The van der Waals surface area contributed by atoms with Crippen molar-refractivity contribution in [3.8, 4) is 0 Å². The van der Waals surface area contributed by atoms with E-state index in [1.165, 1.54) is 24.9 Å². The van der Waals surface area contributed by atoms with Gasteiger partial charge in [0.15, 0.2) is 0 Å². The number of likely N-dealkylation sites (tertiary alicyclic amines) is 1. The van der Waals surface area contributed by atoms with Crippen LogP contribution in [0.3, 0.4) is 0 Å². The van der Waals surface area contributed by atoms with Crippen LogP contribution in [0.4, 0.5) is 14.9 Å². The van der Waals surface area contributed by atoms with Gasteiger partial charge in [-0.05, 0) is 100 Å². The summed E-state index contributed by atoms with van der Waals surface area (Å²) in [6.07, 6.45) is 8.26. The third kappa shape index (κ3) is 8.01. The van der Waals surface area contributed by atoms with Crippen LogP contribution >= 0.6 is 11.3 Å². The first-order valence-electron chi connectivity index (χ1n) is 16.8. The Kier molecular flexibility index (Phi) is 10.9. The molecule has 46 heavy (non-hydrogen) atoms. The largest absolute Gasteiger partial charge is 0.465 e. The fourth-order valence-electron chi connectivity index (χ4n) is 7.74. The molecule has 1 aromatic heterocycles. The van der Waals surface area contributed by atoms with Gasteiger partial charge in [-0.15, -0.1) is 11.3 Å². The molecule has 0 spiro atoms. The second-order valence-corrected chi connectivity index (χ2v) is 15.3. The fraction of sp³-hybridized carbons (Fsp3) is 0.657. The van der Waals surface area contributed by atoms with Crippen LogP contribution in [-0.2, 0) is 19.1 Å². The van der Waals surface area contributed by atoms with Crippen LogP contribution in [0.2, 0.25) is 0 Å². The van der Waals surface area contributed by atoms with Gasteiger partial charge in [-0.2, -0.15) is 0 Å². The molecule has 1 aromatic carbocycles. The molecule has 5 rings (SSSR count). The van der Waals surface area contributed by atoms with Crippen molar-refractivity contribution in [1.29, 1.82) is 0 Å². The second kappa shape index (κ2) is 14.7. The lowest BCUT2D eigenvalue weighted by Crippen LogP contribution is -2.50. The molecule has 0 unspecified atom stereocenters. The van der Waals surface area contributed by atoms with E-state index in [0.29, 0.717) is 48.7 Å². The summed E-state index contributed by atoms with van der Waals surface area (Å²) in [6, 6.07) is 6.15. The molecule has 2 saturated carbocycles. The minimum absolute atomic E-state index is 0.00446. The molecule has 9 nitrogen and oxygen atoms in total. The zero-order chi connectivity index (χ0) is 33.0. The van der Waals surface area contributed by atoms with E-state index in [2.05, 4.69) is 10.6 Å². The monoisotopic (exact) mass is 657 g/mol. The van der Waals surface area contributed by atoms with Gasteiger partial charge < -0.3 is 25.0 Å². The number of amides is 3. The minimum Gasteiger partial charge on any atom is -0.465 e. The Morgan fingerprint density at radius 2 is 1.72 bits per heavy atom. The molecular formula is C35H48FN3O6S. The molecule has 3 atom stereocenters. The Morgan fingerprint density at radius 1 is 1.00 bits per heavy atom. The number of hydrogen-bond donors (Lipinski definition) is 2. The summed E-state index contributed by atoms with van der Waals surface area (Å²) in [6.45, 7) is 5.16. The molecule has 3 aliphatic rings. The highest BCUT2D eigenvalue weighted by Gasteiger charge is 2.47. The van der Waals surface area contributed by atoms with Crippen LogP contribution in [0.1, 0.15) is 94.7 Å². The average molecular weight is 658 g/mol. The number of esters is 1. The summed E-state index contributed by atoms with van der Waals surface area (Å²) in [5.41, 5.74) is -0.0445. The van der Waals surface area contributed by atoms with E-state index in [0.717, 1.165) is 42.2 Å². The van der Waals surface area contributed by atoms with Crippen molar-refractivity contribution in [2.75, 3.05) is 25.6 Å². The lowest BCUT2D eigenvalue weighted by Gasteiger charge is -2.37. The van der Waals surface area contributed by atoms with Crippen LogP contribution in [0, 0.1) is 23.7 Å². The van der Waals surface area contributed by atoms with E-state index in [1.54, 1.807) is 26.8 Å². The number of carbonyl (C=O) groups excluding carboxylic acids is 4. The predicted octanol–water partition coefficient (Wildman–Crippen LogP) is 7.09. The summed E-state index contributed by atoms with van der Waals surface area (Å²) in [5.74, 6) is -0.370. The number of benzene rings is 1. The number of nitrogens with one attached hydrogen (secondary N) is 2. The van der Waals surface area contributed by atoms with Gasteiger partial charge in [0.25, 0.3) is 0 Å².